The first-order valence-corrected chi connectivity index (χ1v) is 7.39. The minimum Gasteiger partial charge on any atom is -0.497 e. The van der Waals surface area contributed by atoms with E-state index in [2.05, 4.69) is 12.2 Å². The van der Waals surface area contributed by atoms with Crippen LogP contribution in [0.4, 0.5) is 0 Å². The van der Waals surface area contributed by atoms with Gasteiger partial charge < -0.3 is 24.3 Å². The van der Waals surface area contributed by atoms with E-state index in [0.29, 0.717) is 26.4 Å². The zero-order valence-electron chi connectivity index (χ0n) is 13.3. The first-order chi connectivity index (χ1) is 10.3. The molecule has 0 aliphatic rings. The molecule has 0 bridgehead atoms. The second kappa shape index (κ2) is 11.4. The molecule has 0 heterocycles. The van der Waals surface area contributed by atoms with E-state index >= 15 is 0 Å². The van der Waals surface area contributed by atoms with Crippen LogP contribution < -0.4 is 14.8 Å². The molecule has 5 heteroatoms. The predicted octanol–water partition coefficient (Wildman–Crippen LogP) is 2.24. The fraction of sp³-hybridized carbons (Fsp3) is 0.625. The normalized spacial score (nSPS) is 10.6. The Kier molecular flexibility index (Phi) is 9.61. The third-order valence-electron chi connectivity index (χ3n) is 2.96. The Morgan fingerprint density at radius 2 is 1.90 bits per heavy atom. The van der Waals surface area contributed by atoms with Gasteiger partial charge in [0.1, 0.15) is 11.5 Å². The summed E-state index contributed by atoms with van der Waals surface area (Å²) in [4.78, 5) is 0. The van der Waals surface area contributed by atoms with Crippen LogP contribution in [-0.4, -0.2) is 47.2 Å². The Hall–Kier alpha value is -1.30. The fourth-order valence-electron chi connectivity index (χ4n) is 1.81. The lowest BCUT2D eigenvalue weighted by atomic mass is 10.2. The smallest absolute Gasteiger partial charge is 0.124 e. The summed E-state index contributed by atoms with van der Waals surface area (Å²) in [7, 11) is 3.34. The third kappa shape index (κ3) is 7.32. The monoisotopic (exact) mass is 297 g/mol. The summed E-state index contributed by atoms with van der Waals surface area (Å²) in [6, 6.07) is 5.88. The van der Waals surface area contributed by atoms with E-state index in [9.17, 15) is 0 Å². The number of rotatable bonds is 12. The predicted molar refractivity (Wildman–Crippen MR) is 83.2 cm³/mol. The van der Waals surface area contributed by atoms with E-state index in [1.54, 1.807) is 14.2 Å². The minimum atomic E-state index is 0.630. The molecule has 1 rings (SSSR count). The molecule has 0 aromatic heterocycles. The average Bonchev–Trinajstić information content (AvgIpc) is 2.52. The van der Waals surface area contributed by atoms with Crippen molar-refractivity contribution in [1.29, 1.82) is 0 Å². The molecular weight excluding hydrogens is 270 g/mol. The first kappa shape index (κ1) is 17.8. The Morgan fingerprint density at radius 3 is 2.62 bits per heavy atom. The van der Waals surface area contributed by atoms with Crippen molar-refractivity contribution < 1.29 is 18.9 Å². The second-order valence-electron chi connectivity index (χ2n) is 4.56. The van der Waals surface area contributed by atoms with Gasteiger partial charge in [0.15, 0.2) is 0 Å². The van der Waals surface area contributed by atoms with Crippen molar-refractivity contribution in [2.45, 2.75) is 19.9 Å². The zero-order chi connectivity index (χ0) is 15.3. The molecule has 0 radical (unpaired) electrons. The van der Waals surface area contributed by atoms with Crippen molar-refractivity contribution in [2.75, 3.05) is 47.2 Å². The van der Waals surface area contributed by atoms with Crippen molar-refractivity contribution in [3.63, 3.8) is 0 Å². The van der Waals surface area contributed by atoms with Crippen LogP contribution in [0.3, 0.4) is 0 Å². The van der Waals surface area contributed by atoms with Gasteiger partial charge in [0.25, 0.3) is 0 Å². The maximum absolute atomic E-state index is 5.83. The molecule has 120 valence electrons. The van der Waals surface area contributed by atoms with Gasteiger partial charge in [-0.05, 0) is 24.7 Å². The van der Waals surface area contributed by atoms with Gasteiger partial charge in [-0.3, -0.25) is 0 Å². The van der Waals surface area contributed by atoms with Crippen molar-refractivity contribution in [3.8, 4) is 11.5 Å². The highest BCUT2D eigenvalue weighted by molar-refractivity contribution is 5.40. The van der Waals surface area contributed by atoms with E-state index in [0.717, 1.165) is 36.6 Å². The van der Waals surface area contributed by atoms with Crippen LogP contribution >= 0.6 is 0 Å². The van der Waals surface area contributed by atoms with Gasteiger partial charge in [-0.2, -0.15) is 0 Å². The molecule has 0 atom stereocenters. The van der Waals surface area contributed by atoms with Gasteiger partial charge in [-0.1, -0.05) is 6.92 Å². The van der Waals surface area contributed by atoms with Crippen molar-refractivity contribution >= 4 is 0 Å². The van der Waals surface area contributed by atoms with Gasteiger partial charge in [0.05, 0.1) is 26.9 Å². The van der Waals surface area contributed by atoms with Gasteiger partial charge in [0.2, 0.25) is 0 Å². The van der Waals surface area contributed by atoms with Crippen LogP contribution in [0.5, 0.6) is 11.5 Å². The Morgan fingerprint density at radius 1 is 1.05 bits per heavy atom. The molecule has 0 amide bonds. The van der Waals surface area contributed by atoms with Crippen LogP contribution in [0.25, 0.3) is 0 Å². The highest BCUT2D eigenvalue weighted by Gasteiger charge is 2.05. The number of nitrogens with one attached hydrogen (secondary N) is 1. The van der Waals surface area contributed by atoms with Gasteiger partial charge in [0, 0.05) is 32.2 Å². The second-order valence-corrected chi connectivity index (χ2v) is 4.56. The quantitative estimate of drug-likeness (QED) is 0.600. The van der Waals surface area contributed by atoms with Crippen LogP contribution in [0.2, 0.25) is 0 Å². The third-order valence-corrected chi connectivity index (χ3v) is 2.96. The largest absolute Gasteiger partial charge is 0.497 e. The lowest BCUT2D eigenvalue weighted by Gasteiger charge is -2.13. The molecule has 1 N–H and O–H groups in total. The van der Waals surface area contributed by atoms with Gasteiger partial charge >= 0.3 is 0 Å². The average molecular weight is 297 g/mol. The van der Waals surface area contributed by atoms with E-state index < -0.39 is 0 Å². The number of hydrogen-bond donors (Lipinski definition) is 1. The van der Waals surface area contributed by atoms with Crippen molar-refractivity contribution in [3.05, 3.63) is 23.8 Å². The van der Waals surface area contributed by atoms with E-state index in [-0.39, 0.29) is 0 Å². The first-order valence-electron chi connectivity index (χ1n) is 7.39. The molecule has 0 saturated heterocycles. The van der Waals surface area contributed by atoms with Gasteiger partial charge in [-0.25, -0.2) is 0 Å². The maximum Gasteiger partial charge on any atom is 0.124 e. The molecule has 21 heavy (non-hydrogen) atoms. The highest BCUT2D eigenvalue weighted by atomic mass is 16.5. The molecule has 0 fully saturated rings. The van der Waals surface area contributed by atoms with E-state index in [4.69, 9.17) is 18.9 Å². The lowest BCUT2D eigenvalue weighted by molar-refractivity contribution is 0.0644. The summed E-state index contributed by atoms with van der Waals surface area (Å²) in [5, 5.41) is 3.31. The van der Waals surface area contributed by atoms with Crippen LogP contribution in [-0.2, 0) is 16.0 Å². The van der Waals surface area contributed by atoms with Crippen LogP contribution in [0.15, 0.2) is 18.2 Å². The van der Waals surface area contributed by atoms with E-state index in [1.807, 2.05) is 18.2 Å². The highest BCUT2D eigenvalue weighted by Crippen LogP contribution is 2.24. The summed E-state index contributed by atoms with van der Waals surface area (Å²) in [6.45, 7) is 6.35. The number of ether oxygens (including phenoxy) is 4. The summed E-state index contributed by atoms with van der Waals surface area (Å²) >= 11 is 0. The van der Waals surface area contributed by atoms with Crippen LogP contribution in [0, 0.1) is 0 Å². The standard InChI is InChI=1S/C16H27NO4/c1-4-17-13-14-12-15(19-3)6-7-16(14)21-9-5-8-20-11-10-18-2/h6-7,12,17H,4-5,8-11,13H2,1-3H3. The molecule has 0 spiro atoms. The fourth-order valence-corrected chi connectivity index (χ4v) is 1.81. The molecule has 1 aromatic rings. The zero-order valence-corrected chi connectivity index (χ0v) is 13.3. The maximum atomic E-state index is 5.83. The van der Waals surface area contributed by atoms with Crippen molar-refractivity contribution in [2.24, 2.45) is 0 Å². The molecule has 5 nitrogen and oxygen atoms in total. The molecule has 0 unspecified atom stereocenters. The number of methoxy groups -OCH3 is 2. The van der Waals surface area contributed by atoms with Gasteiger partial charge in [-0.15, -0.1) is 0 Å². The van der Waals surface area contributed by atoms with E-state index in [1.165, 1.54) is 0 Å². The molecule has 0 aliphatic carbocycles. The summed E-state index contributed by atoms with van der Waals surface area (Å²) in [6.07, 6.45) is 0.858. The lowest BCUT2D eigenvalue weighted by Crippen LogP contribution is -2.13. The molecule has 1 aromatic carbocycles. The number of benzene rings is 1. The molecule has 0 saturated carbocycles. The SMILES string of the molecule is CCNCc1cc(OC)ccc1OCCCOCCOC. The topological polar surface area (TPSA) is 49.0 Å². The Balaban J connectivity index is 2.38. The van der Waals surface area contributed by atoms with Crippen molar-refractivity contribution in [1.82, 2.24) is 5.32 Å². The Bertz CT molecular complexity index is 385. The summed E-state index contributed by atoms with van der Waals surface area (Å²) in [5.41, 5.74) is 1.11. The summed E-state index contributed by atoms with van der Waals surface area (Å²) in [5.74, 6) is 1.74. The molecular formula is C16H27NO4. The summed E-state index contributed by atoms with van der Waals surface area (Å²) < 4.78 is 21.4. The minimum absolute atomic E-state index is 0.630. The Labute approximate surface area is 127 Å². The number of hydrogen-bond acceptors (Lipinski definition) is 5. The van der Waals surface area contributed by atoms with Crippen LogP contribution in [0.1, 0.15) is 18.9 Å². The molecule has 0 aliphatic heterocycles.